The summed E-state index contributed by atoms with van der Waals surface area (Å²) < 4.78 is 23.9. The van der Waals surface area contributed by atoms with Gasteiger partial charge in [-0.15, -0.1) is 5.10 Å². The number of halogens is 1. The first-order valence-corrected chi connectivity index (χ1v) is 10.1. The third-order valence-electron chi connectivity index (χ3n) is 4.27. The van der Waals surface area contributed by atoms with Crippen molar-refractivity contribution < 1.29 is 33.3 Å². The lowest BCUT2D eigenvalue weighted by atomic mass is 10.1. The van der Waals surface area contributed by atoms with Crippen LogP contribution in [0.2, 0.25) is 0 Å². The normalized spacial score (nSPS) is 23.1. The Morgan fingerprint density at radius 1 is 1.03 bits per heavy atom. The van der Waals surface area contributed by atoms with E-state index >= 15 is 0 Å². The summed E-state index contributed by atoms with van der Waals surface area (Å²) in [4.78, 5) is 34.6. The zero-order valence-electron chi connectivity index (χ0n) is 16.5. The molecule has 2 heterocycles. The van der Waals surface area contributed by atoms with Gasteiger partial charge in [0.15, 0.2) is 18.4 Å². The maximum Gasteiger partial charge on any atom is 0.303 e. The molecule has 0 saturated carbocycles. The molecule has 2 aromatic rings. The average molecular weight is 529 g/mol. The third-order valence-corrected chi connectivity index (χ3v) is 5.27. The summed E-state index contributed by atoms with van der Waals surface area (Å²) in [7, 11) is 0. The van der Waals surface area contributed by atoms with Gasteiger partial charge in [0.2, 0.25) is 0 Å². The van der Waals surface area contributed by atoms with Gasteiger partial charge in [0.25, 0.3) is 0 Å². The summed E-state index contributed by atoms with van der Waals surface area (Å²) in [5, 5.41) is 8.39. The highest BCUT2D eigenvalue weighted by atomic mass is 127. The first-order chi connectivity index (χ1) is 14.3. The largest absolute Gasteiger partial charge is 0.463 e. The van der Waals surface area contributed by atoms with Crippen LogP contribution in [0.15, 0.2) is 30.3 Å². The summed E-state index contributed by atoms with van der Waals surface area (Å²) in [5.74, 6) is -1.70. The van der Waals surface area contributed by atoms with Crippen molar-refractivity contribution >= 4 is 40.5 Å². The lowest BCUT2D eigenvalue weighted by Crippen LogP contribution is -2.40. The van der Waals surface area contributed by atoms with Crippen LogP contribution in [0.3, 0.4) is 0 Å². The van der Waals surface area contributed by atoms with Crippen molar-refractivity contribution in [1.82, 2.24) is 15.0 Å². The van der Waals surface area contributed by atoms with Crippen LogP contribution in [-0.4, -0.2) is 57.8 Å². The van der Waals surface area contributed by atoms with Crippen molar-refractivity contribution in [1.29, 1.82) is 0 Å². The van der Waals surface area contributed by atoms with Crippen molar-refractivity contribution in [2.45, 2.75) is 45.3 Å². The molecular formula is C19H20IN3O7. The van der Waals surface area contributed by atoms with Crippen LogP contribution in [0.4, 0.5) is 0 Å². The van der Waals surface area contributed by atoms with Crippen molar-refractivity contribution in [2.24, 2.45) is 0 Å². The summed E-state index contributed by atoms with van der Waals surface area (Å²) in [5.41, 5.74) is 1.47. The van der Waals surface area contributed by atoms with E-state index in [2.05, 4.69) is 32.9 Å². The minimum Gasteiger partial charge on any atom is -0.463 e. The van der Waals surface area contributed by atoms with E-state index in [1.165, 1.54) is 25.5 Å². The van der Waals surface area contributed by atoms with Gasteiger partial charge in [-0.3, -0.25) is 14.4 Å². The molecular weight excluding hydrogens is 509 g/mol. The molecule has 0 aliphatic carbocycles. The Morgan fingerprint density at radius 2 is 1.67 bits per heavy atom. The number of carbonyl (C=O) groups excluding carboxylic acids is 3. The Hall–Kier alpha value is -2.54. The standard InChI is InChI=1S/C19H20IN3O7/c1-10(24)27-9-14-16(28-11(2)25)17(29-12(3)26)19(30-14)23-18(20)15(21-22-23)13-7-5-4-6-8-13/h4-8,14,16-17,19H,9H2,1-3H3/t14-,16-,17-,19-/m1/s1. The van der Waals surface area contributed by atoms with Crippen LogP contribution in [-0.2, 0) is 33.3 Å². The second-order valence-electron chi connectivity index (χ2n) is 6.56. The Kier molecular flexibility index (Phi) is 7.02. The molecule has 0 radical (unpaired) electrons. The molecule has 1 aromatic carbocycles. The first kappa shape index (κ1) is 22.2. The lowest BCUT2D eigenvalue weighted by Gasteiger charge is -2.23. The van der Waals surface area contributed by atoms with Crippen LogP contribution in [0.25, 0.3) is 11.3 Å². The van der Waals surface area contributed by atoms with Gasteiger partial charge in [0.1, 0.15) is 22.1 Å². The Bertz CT molecular complexity index is 933. The molecule has 11 heteroatoms. The van der Waals surface area contributed by atoms with Gasteiger partial charge >= 0.3 is 17.9 Å². The zero-order valence-corrected chi connectivity index (χ0v) is 18.6. The van der Waals surface area contributed by atoms with Crippen LogP contribution < -0.4 is 0 Å². The monoisotopic (exact) mass is 529 g/mol. The topological polar surface area (TPSA) is 119 Å². The van der Waals surface area contributed by atoms with Crippen LogP contribution >= 0.6 is 22.6 Å². The highest BCUT2D eigenvalue weighted by Crippen LogP contribution is 2.36. The summed E-state index contributed by atoms with van der Waals surface area (Å²) in [6, 6.07) is 9.43. The maximum absolute atomic E-state index is 11.7. The van der Waals surface area contributed by atoms with Crippen LogP contribution in [0, 0.1) is 3.70 Å². The molecule has 0 amide bonds. The fraction of sp³-hybridized carbons (Fsp3) is 0.421. The maximum atomic E-state index is 11.7. The molecule has 0 unspecified atom stereocenters. The van der Waals surface area contributed by atoms with E-state index < -0.39 is 42.4 Å². The molecule has 1 aliphatic heterocycles. The van der Waals surface area contributed by atoms with Gasteiger partial charge in [-0.2, -0.15) is 0 Å². The van der Waals surface area contributed by atoms with Crippen LogP contribution in [0.5, 0.6) is 0 Å². The molecule has 10 nitrogen and oxygen atoms in total. The average Bonchev–Trinajstić information content (AvgIpc) is 3.21. The van der Waals surface area contributed by atoms with Crippen molar-refractivity contribution in [2.75, 3.05) is 6.61 Å². The number of carbonyl (C=O) groups is 3. The van der Waals surface area contributed by atoms with E-state index in [1.807, 2.05) is 30.3 Å². The molecule has 0 N–H and O–H groups in total. The van der Waals surface area contributed by atoms with Gasteiger partial charge in [0, 0.05) is 26.3 Å². The number of aromatic nitrogens is 3. The summed E-state index contributed by atoms with van der Waals surface area (Å²) in [6.45, 7) is 3.54. The van der Waals surface area contributed by atoms with Gasteiger partial charge in [-0.05, 0) is 22.6 Å². The van der Waals surface area contributed by atoms with Crippen molar-refractivity contribution in [3.8, 4) is 11.3 Å². The predicted molar refractivity (Wildman–Crippen MR) is 110 cm³/mol. The van der Waals surface area contributed by atoms with Crippen molar-refractivity contribution in [3.05, 3.63) is 34.0 Å². The second-order valence-corrected chi connectivity index (χ2v) is 7.58. The summed E-state index contributed by atoms with van der Waals surface area (Å²) >= 11 is 2.07. The zero-order chi connectivity index (χ0) is 21.8. The number of ether oxygens (including phenoxy) is 4. The SMILES string of the molecule is CC(=O)OC[C@H]1O[C@@H](n2nnc(-c3ccccc3)c2I)[C@H](OC(C)=O)[C@@H]1OC(C)=O. The number of esters is 3. The molecule has 160 valence electrons. The minimum absolute atomic E-state index is 0.182. The van der Waals surface area contributed by atoms with E-state index in [0.717, 1.165) is 5.56 Å². The molecule has 0 spiro atoms. The second kappa shape index (κ2) is 9.51. The smallest absolute Gasteiger partial charge is 0.303 e. The number of rotatable bonds is 6. The summed E-state index contributed by atoms with van der Waals surface area (Å²) in [6.07, 6.45) is -3.79. The van der Waals surface area contributed by atoms with Gasteiger partial charge < -0.3 is 18.9 Å². The number of benzene rings is 1. The minimum atomic E-state index is -1.01. The Morgan fingerprint density at radius 3 is 2.27 bits per heavy atom. The quantitative estimate of drug-likeness (QED) is 0.314. The molecule has 4 atom stereocenters. The van der Waals surface area contributed by atoms with Crippen molar-refractivity contribution in [3.63, 3.8) is 0 Å². The fourth-order valence-electron chi connectivity index (χ4n) is 3.11. The van der Waals surface area contributed by atoms with E-state index in [9.17, 15) is 14.4 Å². The van der Waals surface area contributed by atoms with E-state index in [1.54, 1.807) is 0 Å². The number of hydrogen-bond donors (Lipinski definition) is 0. The Balaban J connectivity index is 1.97. The molecule has 1 saturated heterocycles. The third kappa shape index (κ3) is 4.95. The lowest BCUT2D eigenvalue weighted by molar-refractivity contribution is -0.166. The van der Waals surface area contributed by atoms with E-state index in [0.29, 0.717) is 9.39 Å². The molecule has 0 bridgehead atoms. The molecule has 1 aromatic heterocycles. The highest BCUT2D eigenvalue weighted by molar-refractivity contribution is 14.1. The van der Waals surface area contributed by atoms with Gasteiger partial charge in [-0.25, -0.2) is 4.68 Å². The fourth-order valence-corrected chi connectivity index (χ4v) is 3.90. The number of hydrogen-bond acceptors (Lipinski definition) is 9. The first-order valence-electron chi connectivity index (χ1n) is 9.07. The molecule has 1 fully saturated rings. The van der Waals surface area contributed by atoms with Crippen LogP contribution in [0.1, 0.15) is 27.0 Å². The molecule has 1 aliphatic rings. The van der Waals surface area contributed by atoms with E-state index in [-0.39, 0.29) is 6.61 Å². The van der Waals surface area contributed by atoms with Gasteiger partial charge in [0.05, 0.1) is 0 Å². The highest BCUT2D eigenvalue weighted by Gasteiger charge is 2.51. The van der Waals surface area contributed by atoms with E-state index in [4.69, 9.17) is 18.9 Å². The van der Waals surface area contributed by atoms with Gasteiger partial charge in [-0.1, -0.05) is 35.5 Å². The predicted octanol–water partition coefficient (Wildman–Crippen LogP) is 1.87. The number of nitrogens with zero attached hydrogens (tertiary/aromatic N) is 3. The Labute approximate surface area is 185 Å². The molecule has 3 rings (SSSR count). The molecule has 30 heavy (non-hydrogen) atoms.